The number of hydrogen-bond donors (Lipinski definition) is 3. The molecule has 44 heavy (non-hydrogen) atoms. The van der Waals surface area contributed by atoms with Crippen molar-refractivity contribution >= 4 is 36.5 Å². The van der Waals surface area contributed by atoms with Crippen LogP contribution >= 0.6 is 12.6 Å². The largest absolute Gasteiger partial charge is 0.458 e. The number of hydrogen-bond acceptors (Lipinski definition) is 7. The van der Waals surface area contributed by atoms with E-state index in [4.69, 9.17) is 9.47 Å². The highest BCUT2D eigenvalue weighted by molar-refractivity contribution is 7.80. The van der Waals surface area contributed by atoms with Crippen molar-refractivity contribution in [2.75, 3.05) is 12.3 Å². The van der Waals surface area contributed by atoms with Crippen LogP contribution in [-0.2, 0) is 30.3 Å². The normalized spacial score (nSPS) is 13.6. The number of ether oxygens (including phenoxy) is 2. The first-order valence-corrected chi connectivity index (χ1v) is 15.2. The molecule has 3 unspecified atom stereocenters. The first-order chi connectivity index (χ1) is 20.4. The molecule has 0 spiro atoms. The van der Waals surface area contributed by atoms with Crippen LogP contribution in [0.25, 0.3) is 0 Å². The first-order valence-electron chi connectivity index (χ1n) is 14.6. The van der Waals surface area contributed by atoms with Crippen molar-refractivity contribution in [1.82, 2.24) is 15.5 Å². The number of aryl methyl sites for hydroxylation is 2. The molecule has 0 saturated carbocycles. The molecule has 0 radical (unpaired) electrons. The molecule has 0 saturated heterocycles. The molecule has 2 rings (SSSR count). The Hall–Kier alpha value is -3.79. The zero-order valence-electron chi connectivity index (χ0n) is 27.1. The van der Waals surface area contributed by atoms with Gasteiger partial charge >= 0.3 is 12.1 Å². The summed E-state index contributed by atoms with van der Waals surface area (Å²) in [5, 5.41) is 5.45. The molecule has 3 amide bonds. The van der Waals surface area contributed by atoms with E-state index in [2.05, 4.69) is 29.8 Å². The van der Waals surface area contributed by atoms with E-state index in [1.165, 1.54) is 11.0 Å². The Morgan fingerprint density at radius 3 is 1.95 bits per heavy atom. The van der Waals surface area contributed by atoms with E-state index in [0.29, 0.717) is 5.56 Å². The van der Waals surface area contributed by atoms with Gasteiger partial charge in [-0.05, 0) is 66.5 Å². The van der Waals surface area contributed by atoms with Gasteiger partial charge in [0.2, 0.25) is 11.8 Å². The summed E-state index contributed by atoms with van der Waals surface area (Å²) in [6.07, 6.45) is 0.887. The van der Waals surface area contributed by atoms with E-state index >= 15 is 0 Å². The van der Waals surface area contributed by atoms with Crippen molar-refractivity contribution in [3.05, 3.63) is 83.4 Å². The van der Waals surface area contributed by atoms with Gasteiger partial charge in [0.15, 0.2) is 0 Å². The van der Waals surface area contributed by atoms with Gasteiger partial charge in [0.25, 0.3) is 0 Å². The van der Waals surface area contributed by atoms with E-state index in [9.17, 15) is 19.2 Å². The maximum atomic E-state index is 14.3. The highest BCUT2D eigenvalue weighted by atomic mass is 32.1. The van der Waals surface area contributed by atoms with Crippen LogP contribution in [0, 0.1) is 13.8 Å². The number of nitrogens with one attached hydrogen (secondary N) is 2. The number of carbonyl (C=O) groups excluding carboxylic acids is 4. The Bertz CT molecular complexity index is 1300. The number of esters is 1. The van der Waals surface area contributed by atoms with Crippen LogP contribution in [0.2, 0.25) is 0 Å². The lowest BCUT2D eigenvalue weighted by Crippen LogP contribution is -2.55. The van der Waals surface area contributed by atoms with Crippen molar-refractivity contribution < 1.29 is 28.7 Å². The van der Waals surface area contributed by atoms with Crippen molar-refractivity contribution in [1.29, 1.82) is 0 Å². The van der Waals surface area contributed by atoms with Crippen molar-refractivity contribution in [2.24, 2.45) is 0 Å². The van der Waals surface area contributed by atoms with Crippen LogP contribution in [0.5, 0.6) is 0 Å². The molecule has 0 aliphatic carbocycles. The summed E-state index contributed by atoms with van der Waals surface area (Å²) >= 11 is 4.32. The number of carbonyl (C=O) groups is 4. The highest BCUT2D eigenvalue weighted by Gasteiger charge is 2.38. The number of thiol groups is 1. The molecule has 2 N–H and O–H groups in total. The Morgan fingerprint density at radius 1 is 0.886 bits per heavy atom. The van der Waals surface area contributed by atoms with Crippen LogP contribution in [0.1, 0.15) is 69.8 Å². The van der Waals surface area contributed by atoms with E-state index in [1.54, 1.807) is 41.5 Å². The van der Waals surface area contributed by atoms with Gasteiger partial charge in [0.05, 0.1) is 0 Å². The topological polar surface area (TPSA) is 114 Å². The van der Waals surface area contributed by atoms with Crippen LogP contribution in [0.3, 0.4) is 0 Å². The monoisotopic (exact) mass is 625 g/mol. The molecule has 10 heteroatoms. The van der Waals surface area contributed by atoms with Gasteiger partial charge < -0.3 is 25.0 Å². The third kappa shape index (κ3) is 11.7. The van der Waals surface area contributed by atoms with E-state index in [-0.39, 0.29) is 18.7 Å². The molecule has 2 aromatic carbocycles. The summed E-state index contributed by atoms with van der Waals surface area (Å²) in [5.74, 6) is -1.81. The molecule has 0 heterocycles. The average molecular weight is 626 g/mol. The lowest BCUT2D eigenvalue weighted by Gasteiger charge is -2.34. The molecule has 0 aliphatic rings. The predicted octanol–water partition coefficient (Wildman–Crippen LogP) is 5.25. The summed E-state index contributed by atoms with van der Waals surface area (Å²) in [4.78, 5) is 55.6. The van der Waals surface area contributed by atoms with Gasteiger partial charge in [-0.3, -0.25) is 9.59 Å². The van der Waals surface area contributed by atoms with Crippen LogP contribution in [0.4, 0.5) is 4.79 Å². The fraction of sp³-hybridized carbons (Fsp3) is 0.471. The fourth-order valence-corrected chi connectivity index (χ4v) is 4.85. The molecule has 0 fully saturated rings. The zero-order valence-corrected chi connectivity index (χ0v) is 28.0. The van der Waals surface area contributed by atoms with Gasteiger partial charge in [-0.1, -0.05) is 65.7 Å². The van der Waals surface area contributed by atoms with Crippen molar-refractivity contribution in [3.8, 4) is 0 Å². The molecule has 9 nitrogen and oxygen atoms in total. The Balaban J connectivity index is 2.57. The van der Waals surface area contributed by atoms with E-state index < -0.39 is 53.2 Å². The number of amides is 3. The Morgan fingerprint density at radius 2 is 1.45 bits per heavy atom. The second kappa shape index (κ2) is 15.8. The molecular weight excluding hydrogens is 578 g/mol. The number of benzene rings is 2. The lowest BCUT2D eigenvalue weighted by molar-refractivity contribution is -0.159. The zero-order chi connectivity index (χ0) is 33.2. The van der Waals surface area contributed by atoms with Gasteiger partial charge in [-0.2, -0.15) is 12.6 Å². The molecule has 0 bridgehead atoms. The summed E-state index contributed by atoms with van der Waals surface area (Å²) in [7, 11) is 0. The molecule has 240 valence electrons. The maximum Gasteiger partial charge on any atom is 0.408 e. The van der Waals surface area contributed by atoms with Gasteiger partial charge in [-0.25, -0.2) is 9.59 Å². The van der Waals surface area contributed by atoms with Crippen LogP contribution in [-0.4, -0.2) is 64.4 Å². The highest BCUT2D eigenvalue weighted by Crippen LogP contribution is 2.26. The minimum atomic E-state index is -1.18. The van der Waals surface area contributed by atoms with Gasteiger partial charge in [0, 0.05) is 18.7 Å². The standard InChI is InChI=1S/C34H47N3O6S/c1-10-16-37(30(39)27(21-44)36-32(41)43-34(7,8)9)28(25-18-22(2)17-23(3)19-25)29(38)35-26(31(40)42-33(4,5)6)20-24-14-12-11-13-15-24/h10-15,17-19,26-28,44H,1,16,20-21H2,2-9H3,(H,35,38)(H,36,41). The fourth-order valence-electron chi connectivity index (χ4n) is 4.60. The molecular formula is C34H47N3O6S. The summed E-state index contributed by atoms with van der Waals surface area (Å²) in [6, 6.07) is 11.5. The second-order valence-corrected chi connectivity index (χ2v) is 13.1. The number of rotatable bonds is 12. The molecule has 0 aliphatic heterocycles. The summed E-state index contributed by atoms with van der Waals surface area (Å²) in [6.45, 7) is 18.0. The van der Waals surface area contributed by atoms with Gasteiger partial charge in [0.1, 0.15) is 29.3 Å². The minimum absolute atomic E-state index is 0.0278. The predicted molar refractivity (Wildman–Crippen MR) is 175 cm³/mol. The van der Waals surface area contributed by atoms with Gasteiger partial charge in [-0.15, -0.1) is 6.58 Å². The third-order valence-electron chi connectivity index (χ3n) is 6.19. The molecule has 0 aromatic heterocycles. The first kappa shape index (κ1) is 36.4. The molecule has 2 aromatic rings. The smallest absolute Gasteiger partial charge is 0.408 e. The van der Waals surface area contributed by atoms with E-state index in [1.807, 2.05) is 62.4 Å². The van der Waals surface area contributed by atoms with Crippen molar-refractivity contribution in [3.63, 3.8) is 0 Å². The average Bonchev–Trinajstić information content (AvgIpc) is 2.89. The third-order valence-corrected chi connectivity index (χ3v) is 6.56. The Labute approximate surface area is 267 Å². The summed E-state index contributed by atoms with van der Waals surface area (Å²) < 4.78 is 11.0. The maximum absolute atomic E-state index is 14.3. The second-order valence-electron chi connectivity index (χ2n) is 12.8. The lowest BCUT2D eigenvalue weighted by atomic mass is 9.97. The minimum Gasteiger partial charge on any atom is -0.458 e. The van der Waals surface area contributed by atoms with E-state index in [0.717, 1.165) is 16.7 Å². The summed E-state index contributed by atoms with van der Waals surface area (Å²) in [5.41, 5.74) is 1.55. The van der Waals surface area contributed by atoms with Crippen molar-refractivity contribution in [2.45, 2.75) is 91.1 Å². The van der Waals surface area contributed by atoms with Crippen LogP contribution in [0.15, 0.2) is 61.2 Å². The number of nitrogens with zero attached hydrogens (tertiary/aromatic N) is 1. The molecule has 3 atom stereocenters. The number of alkyl carbamates (subject to hydrolysis) is 1. The van der Waals surface area contributed by atoms with Crippen LogP contribution < -0.4 is 10.6 Å². The quantitative estimate of drug-likeness (QED) is 0.169. The SMILES string of the molecule is C=CCN(C(=O)C(CS)NC(=O)OC(C)(C)C)C(C(=O)NC(Cc1ccccc1)C(=O)OC(C)(C)C)c1cc(C)cc(C)c1. The Kier molecular flexibility index (Phi) is 13.1.